The molecular weight excluding hydrogens is 342 g/mol. The normalized spacial score (nSPS) is 11.6. The van der Waals surface area contributed by atoms with E-state index in [1.807, 2.05) is 0 Å². The lowest BCUT2D eigenvalue weighted by Crippen LogP contribution is -1.97. The Labute approximate surface area is 146 Å². The van der Waals surface area contributed by atoms with Gasteiger partial charge in [-0.3, -0.25) is 10.1 Å². The number of nitro groups is 1. The van der Waals surface area contributed by atoms with Crippen molar-refractivity contribution in [3.05, 3.63) is 69.6 Å². The van der Waals surface area contributed by atoms with Gasteiger partial charge in [-0.1, -0.05) is 25.5 Å². The Morgan fingerprint density at radius 2 is 1.72 bits per heavy atom. The molecule has 0 aliphatic carbocycles. The molecule has 0 aliphatic heterocycles. The van der Waals surface area contributed by atoms with Crippen molar-refractivity contribution < 1.29 is 18.1 Å². The van der Waals surface area contributed by atoms with Gasteiger partial charge in [0, 0.05) is 17.5 Å². The van der Waals surface area contributed by atoms with Crippen LogP contribution < -0.4 is 4.74 Å². The molecule has 2 rings (SSSR count). The molecule has 0 saturated carbocycles. The minimum atomic E-state index is -3.66. The van der Waals surface area contributed by atoms with Crippen molar-refractivity contribution in [2.45, 2.75) is 24.7 Å². The van der Waals surface area contributed by atoms with Gasteiger partial charge < -0.3 is 4.74 Å². The first-order chi connectivity index (χ1) is 11.9. The first kappa shape index (κ1) is 18.7. The molecule has 0 fully saturated rings. The van der Waals surface area contributed by atoms with Gasteiger partial charge in [0.25, 0.3) is 5.69 Å². The van der Waals surface area contributed by atoms with Crippen molar-refractivity contribution >= 4 is 21.6 Å². The van der Waals surface area contributed by atoms with Crippen LogP contribution in [0, 0.1) is 10.1 Å². The quantitative estimate of drug-likeness (QED) is 0.399. The maximum Gasteiger partial charge on any atom is 0.269 e. The molecule has 0 spiro atoms. The number of non-ortho nitro benzene ring substituents is 1. The number of unbranched alkanes of at least 4 members (excludes halogenated alkanes) is 1. The Hall–Kier alpha value is -2.67. The molecule has 0 atom stereocenters. The van der Waals surface area contributed by atoms with Gasteiger partial charge in [-0.15, -0.1) is 0 Å². The highest BCUT2D eigenvalue weighted by Gasteiger charge is 2.12. The molecule has 25 heavy (non-hydrogen) atoms. The zero-order valence-corrected chi connectivity index (χ0v) is 14.6. The number of hydrogen-bond donors (Lipinski definition) is 0. The van der Waals surface area contributed by atoms with Gasteiger partial charge in [-0.25, -0.2) is 8.42 Å². The molecule has 0 aliphatic rings. The lowest BCUT2D eigenvalue weighted by Gasteiger charge is -2.05. The second kappa shape index (κ2) is 8.43. The van der Waals surface area contributed by atoms with Crippen LogP contribution in [0.1, 0.15) is 25.3 Å². The number of ether oxygens (including phenoxy) is 1. The molecule has 7 heteroatoms. The summed E-state index contributed by atoms with van der Waals surface area (Å²) in [5.74, 6) is 0.740. The van der Waals surface area contributed by atoms with Crippen LogP contribution in [-0.2, 0) is 9.84 Å². The molecule has 0 unspecified atom stereocenters. The summed E-state index contributed by atoms with van der Waals surface area (Å²) < 4.78 is 30.0. The Balaban J connectivity index is 2.07. The maximum absolute atomic E-state index is 12.2. The molecule has 0 N–H and O–H groups in total. The predicted octanol–water partition coefficient (Wildman–Crippen LogP) is 4.22. The van der Waals surface area contributed by atoms with E-state index in [-0.39, 0.29) is 10.6 Å². The van der Waals surface area contributed by atoms with Crippen molar-refractivity contribution in [2.75, 3.05) is 6.61 Å². The van der Waals surface area contributed by atoms with Gasteiger partial charge >= 0.3 is 0 Å². The van der Waals surface area contributed by atoms with Crippen molar-refractivity contribution in [2.24, 2.45) is 0 Å². The fourth-order valence-electron chi connectivity index (χ4n) is 2.01. The fourth-order valence-corrected chi connectivity index (χ4v) is 3.02. The molecule has 2 aromatic rings. The fraction of sp³-hybridized carbons (Fsp3) is 0.222. The third kappa shape index (κ3) is 5.42. The zero-order chi connectivity index (χ0) is 18.3. The standard InChI is InChI=1S/C18H19NO5S/c1-2-3-13-24-17-8-4-15(5-9-17)12-14-25(22,23)18-10-6-16(7-11-18)19(20)21/h4-12,14H,2-3,13H2,1H3/b14-12+. The van der Waals surface area contributed by atoms with Crippen LogP contribution in [0.25, 0.3) is 6.08 Å². The Morgan fingerprint density at radius 3 is 2.28 bits per heavy atom. The van der Waals surface area contributed by atoms with E-state index in [1.54, 1.807) is 24.3 Å². The van der Waals surface area contributed by atoms with E-state index < -0.39 is 14.8 Å². The van der Waals surface area contributed by atoms with Crippen molar-refractivity contribution in [3.63, 3.8) is 0 Å². The summed E-state index contributed by atoms with van der Waals surface area (Å²) in [6, 6.07) is 11.9. The maximum atomic E-state index is 12.2. The van der Waals surface area contributed by atoms with Gasteiger partial charge in [0.05, 0.1) is 16.4 Å². The van der Waals surface area contributed by atoms with Crippen LogP contribution in [-0.4, -0.2) is 19.9 Å². The minimum absolute atomic E-state index is 0.00821. The summed E-state index contributed by atoms with van der Waals surface area (Å²) in [7, 11) is -3.66. The highest BCUT2D eigenvalue weighted by Crippen LogP contribution is 2.19. The molecular formula is C18H19NO5S. The molecule has 2 aromatic carbocycles. The van der Waals surface area contributed by atoms with E-state index in [9.17, 15) is 18.5 Å². The van der Waals surface area contributed by atoms with Gasteiger partial charge in [-0.05, 0) is 42.3 Å². The lowest BCUT2D eigenvalue weighted by atomic mass is 10.2. The largest absolute Gasteiger partial charge is 0.494 e. The molecule has 0 heterocycles. The number of nitro benzene ring substituents is 1. The molecule has 0 bridgehead atoms. The third-order valence-corrected chi connectivity index (χ3v) is 4.89. The van der Waals surface area contributed by atoms with Crippen LogP contribution in [0.2, 0.25) is 0 Å². The highest BCUT2D eigenvalue weighted by molar-refractivity contribution is 7.94. The topological polar surface area (TPSA) is 86.5 Å². The number of hydrogen-bond acceptors (Lipinski definition) is 5. The number of sulfone groups is 1. The van der Waals surface area contributed by atoms with Crippen LogP contribution in [0.3, 0.4) is 0 Å². The summed E-state index contributed by atoms with van der Waals surface area (Å²) in [5.41, 5.74) is 0.565. The number of rotatable bonds is 8. The van der Waals surface area contributed by atoms with Gasteiger partial charge in [-0.2, -0.15) is 0 Å². The average molecular weight is 361 g/mol. The zero-order valence-electron chi connectivity index (χ0n) is 13.8. The van der Waals surface area contributed by atoms with Crippen LogP contribution in [0.5, 0.6) is 5.75 Å². The molecule has 132 valence electrons. The first-order valence-corrected chi connectivity index (χ1v) is 9.37. The SMILES string of the molecule is CCCCOc1ccc(/C=C/S(=O)(=O)c2ccc([N+](=O)[O-])cc2)cc1. The van der Waals surface area contributed by atoms with Crippen molar-refractivity contribution in [1.82, 2.24) is 0 Å². The molecule has 0 amide bonds. The summed E-state index contributed by atoms with van der Waals surface area (Å²) >= 11 is 0. The van der Waals surface area contributed by atoms with Gasteiger partial charge in [0.2, 0.25) is 0 Å². The van der Waals surface area contributed by atoms with E-state index in [1.165, 1.54) is 30.3 Å². The Kier molecular flexibility index (Phi) is 6.30. The van der Waals surface area contributed by atoms with Crippen molar-refractivity contribution in [3.8, 4) is 5.75 Å². The average Bonchev–Trinajstić information content (AvgIpc) is 2.61. The third-order valence-electron chi connectivity index (χ3n) is 3.46. The summed E-state index contributed by atoms with van der Waals surface area (Å²) in [6.07, 6.45) is 3.52. The predicted molar refractivity (Wildman–Crippen MR) is 96.2 cm³/mol. The second-order valence-corrected chi connectivity index (χ2v) is 7.20. The summed E-state index contributed by atoms with van der Waals surface area (Å²) in [6.45, 7) is 2.74. The first-order valence-electron chi connectivity index (χ1n) is 7.83. The monoisotopic (exact) mass is 361 g/mol. The second-order valence-electron chi connectivity index (χ2n) is 5.37. The smallest absolute Gasteiger partial charge is 0.269 e. The van der Waals surface area contributed by atoms with E-state index in [0.29, 0.717) is 12.2 Å². The van der Waals surface area contributed by atoms with E-state index in [0.717, 1.165) is 24.0 Å². The highest BCUT2D eigenvalue weighted by atomic mass is 32.2. The number of nitrogens with zero attached hydrogens (tertiary/aromatic N) is 1. The molecule has 0 saturated heterocycles. The molecule has 6 nitrogen and oxygen atoms in total. The summed E-state index contributed by atoms with van der Waals surface area (Å²) in [4.78, 5) is 10.1. The van der Waals surface area contributed by atoms with Gasteiger partial charge in [0.1, 0.15) is 5.75 Å². The summed E-state index contributed by atoms with van der Waals surface area (Å²) in [5, 5.41) is 11.7. The van der Waals surface area contributed by atoms with E-state index in [2.05, 4.69) is 6.92 Å². The Morgan fingerprint density at radius 1 is 1.08 bits per heavy atom. The van der Waals surface area contributed by atoms with E-state index in [4.69, 9.17) is 4.74 Å². The minimum Gasteiger partial charge on any atom is -0.494 e. The lowest BCUT2D eigenvalue weighted by molar-refractivity contribution is -0.384. The van der Waals surface area contributed by atoms with Crippen LogP contribution >= 0.6 is 0 Å². The van der Waals surface area contributed by atoms with Crippen LogP contribution in [0.15, 0.2) is 58.8 Å². The van der Waals surface area contributed by atoms with Crippen LogP contribution in [0.4, 0.5) is 5.69 Å². The van der Waals surface area contributed by atoms with Crippen molar-refractivity contribution in [1.29, 1.82) is 0 Å². The van der Waals surface area contributed by atoms with Gasteiger partial charge in [0.15, 0.2) is 9.84 Å². The molecule has 0 radical (unpaired) electrons. The Bertz CT molecular complexity index is 840. The molecule has 0 aromatic heterocycles. The number of benzene rings is 2. The van der Waals surface area contributed by atoms with E-state index >= 15 is 0 Å².